The first-order chi connectivity index (χ1) is 8.65. The fourth-order valence-electron chi connectivity index (χ4n) is 1.54. The Kier molecular flexibility index (Phi) is 3.66. The van der Waals surface area contributed by atoms with Crippen molar-refractivity contribution in [2.45, 2.75) is 26.8 Å². The van der Waals surface area contributed by atoms with E-state index in [1.807, 2.05) is 32.0 Å². The van der Waals surface area contributed by atoms with E-state index >= 15 is 0 Å². The summed E-state index contributed by atoms with van der Waals surface area (Å²) in [5, 5.41) is 13.6. The second-order valence-electron chi connectivity index (χ2n) is 4.17. The van der Waals surface area contributed by atoms with Crippen LogP contribution in [0.1, 0.15) is 17.5 Å². The van der Waals surface area contributed by atoms with Crippen molar-refractivity contribution in [3.63, 3.8) is 0 Å². The lowest BCUT2D eigenvalue weighted by Gasteiger charge is -2.07. The molecule has 0 aliphatic carbocycles. The van der Waals surface area contributed by atoms with Gasteiger partial charge < -0.3 is 5.32 Å². The molecule has 0 aliphatic heterocycles. The van der Waals surface area contributed by atoms with Gasteiger partial charge in [0.25, 0.3) is 0 Å². The highest BCUT2D eigenvalue weighted by Crippen LogP contribution is 2.14. The van der Waals surface area contributed by atoms with Crippen LogP contribution in [0.3, 0.4) is 0 Å². The lowest BCUT2D eigenvalue weighted by Crippen LogP contribution is -2.15. The molecule has 0 radical (unpaired) electrons. The summed E-state index contributed by atoms with van der Waals surface area (Å²) >= 11 is 0. The van der Waals surface area contributed by atoms with E-state index in [2.05, 4.69) is 20.8 Å². The number of carbonyl (C=O) groups excluding carboxylic acids is 1. The molecule has 0 saturated carbocycles. The third-order valence-electron chi connectivity index (χ3n) is 2.75. The number of amides is 1. The van der Waals surface area contributed by atoms with Crippen LogP contribution < -0.4 is 5.32 Å². The van der Waals surface area contributed by atoms with Gasteiger partial charge >= 0.3 is 0 Å². The molecule has 1 aromatic carbocycles. The second kappa shape index (κ2) is 5.39. The predicted octanol–water partition coefficient (Wildman–Crippen LogP) is 1.32. The maximum atomic E-state index is 11.7. The predicted molar refractivity (Wildman–Crippen MR) is 67.0 cm³/mol. The molecule has 1 N–H and O–H groups in total. The number of hydrogen-bond donors (Lipinski definition) is 1. The highest BCUT2D eigenvalue weighted by molar-refractivity contribution is 5.90. The van der Waals surface area contributed by atoms with Gasteiger partial charge in [0.05, 0.1) is 6.54 Å². The number of nitrogens with one attached hydrogen (secondary N) is 1. The zero-order valence-corrected chi connectivity index (χ0v) is 10.4. The second-order valence-corrected chi connectivity index (χ2v) is 4.17. The molecule has 94 valence electrons. The van der Waals surface area contributed by atoms with Gasteiger partial charge in [-0.1, -0.05) is 6.07 Å². The normalized spacial score (nSPS) is 10.3. The minimum absolute atomic E-state index is 0.0475. The van der Waals surface area contributed by atoms with Crippen molar-refractivity contribution in [1.82, 2.24) is 20.2 Å². The molecule has 2 rings (SSSR count). The Morgan fingerprint density at radius 1 is 1.33 bits per heavy atom. The van der Waals surface area contributed by atoms with Crippen molar-refractivity contribution in [2.75, 3.05) is 5.32 Å². The molecular formula is C12H15N5O. The molecule has 0 spiro atoms. The number of hydrogen-bond acceptors (Lipinski definition) is 4. The maximum absolute atomic E-state index is 11.7. The van der Waals surface area contributed by atoms with Crippen LogP contribution in [0.5, 0.6) is 0 Å². The summed E-state index contributed by atoms with van der Waals surface area (Å²) in [6, 6.07) is 5.85. The van der Waals surface area contributed by atoms with Gasteiger partial charge in [-0.2, -0.15) is 0 Å². The van der Waals surface area contributed by atoms with Crippen LogP contribution in [0.25, 0.3) is 0 Å². The van der Waals surface area contributed by atoms with Crippen LogP contribution >= 0.6 is 0 Å². The number of rotatable bonds is 4. The molecule has 0 unspecified atom stereocenters. The maximum Gasteiger partial charge on any atom is 0.226 e. The van der Waals surface area contributed by atoms with Gasteiger partial charge in [-0.25, -0.2) is 4.68 Å². The molecule has 1 amide bonds. The zero-order valence-electron chi connectivity index (χ0n) is 10.4. The monoisotopic (exact) mass is 245 g/mol. The molecule has 6 heteroatoms. The van der Waals surface area contributed by atoms with Gasteiger partial charge in [-0.3, -0.25) is 4.79 Å². The van der Waals surface area contributed by atoms with E-state index in [0.29, 0.717) is 13.0 Å². The van der Waals surface area contributed by atoms with Crippen LogP contribution in [-0.4, -0.2) is 26.1 Å². The Morgan fingerprint density at radius 3 is 2.83 bits per heavy atom. The Balaban J connectivity index is 1.88. The molecule has 0 saturated heterocycles. The number of nitrogens with zero attached hydrogens (tertiary/aromatic N) is 4. The third kappa shape index (κ3) is 3.13. The first-order valence-corrected chi connectivity index (χ1v) is 5.73. The van der Waals surface area contributed by atoms with Crippen molar-refractivity contribution in [3.8, 4) is 0 Å². The van der Waals surface area contributed by atoms with E-state index < -0.39 is 0 Å². The number of tetrazole rings is 1. The summed E-state index contributed by atoms with van der Waals surface area (Å²) < 4.78 is 1.53. The molecule has 1 heterocycles. The van der Waals surface area contributed by atoms with Crippen molar-refractivity contribution in [1.29, 1.82) is 0 Å². The first kappa shape index (κ1) is 12.2. The van der Waals surface area contributed by atoms with E-state index in [1.54, 1.807) is 0 Å². The van der Waals surface area contributed by atoms with E-state index in [-0.39, 0.29) is 5.91 Å². The number of aryl methyl sites for hydroxylation is 3. The Hall–Kier alpha value is -2.24. The van der Waals surface area contributed by atoms with Crippen molar-refractivity contribution < 1.29 is 4.79 Å². The average molecular weight is 245 g/mol. The first-order valence-electron chi connectivity index (χ1n) is 5.73. The standard InChI is InChI=1S/C12H15N5O/c1-9-3-4-11(7-10(9)2)14-12(18)5-6-17-8-13-15-16-17/h3-4,7-8H,5-6H2,1-2H3,(H,14,18). The molecule has 0 bridgehead atoms. The summed E-state index contributed by atoms with van der Waals surface area (Å²) in [7, 11) is 0. The topological polar surface area (TPSA) is 72.7 Å². The summed E-state index contributed by atoms with van der Waals surface area (Å²) in [6.45, 7) is 4.54. The number of benzene rings is 1. The quantitative estimate of drug-likeness (QED) is 0.881. The fraction of sp³-hybridized carbons (Fsp3) is 0.333. The van der Waals surface area contributed by atoms with Gasteiger partial charge in [-0.05, 0) is 47.5 Å². The van der Waals surface area contributed by atoms with Crippen LogP contribution in [0.2, 0.25) is 0 Å². The minimum atomic E-state index is -0.0475. The zero-order chi connectivity index (χ0) is 13.0. The molecule has 2 aromatic rings. The molecule has 1 aromatic heterocycles. The summed E-state index contributed by atoms with van der Waals surface area (Å²) in [5.41, 5.74) is 3.19. The molecular weight excluding hydrogens is 230 g/mol. The summed E-state index contributed by atoms with van der Waals surface area (Å²) in [4.78, 5) is 11.7. The van der Waals surface area contributed by atoms with E-state index in [4.69, 9.17) is 0 Å². The van der Waals surface area contributed by atoms with Crippen LogP contribution in [0, 0.1) is 13.8 Å². The van der Waals surface area contributed by atoms with E-state index in [9.17, 15) is 4.79 Å². The summed E-state index contributed by atoms with van der Waals surface area (Å²) in [5.74, 6) is -0.0475. The van der Waals surface area contributed by atoms with E-state index in [1.165, 1.54) is 16.6 Å². The highest BCUT2D eigenvalue weighted by Gasteiger charge is 2.04. The molecule has 0 aliphatic rings. The largest absolute Gasteiger partial charge is 0.326 e. The third-order valence-corrected chi connectivity index (χ3v) is 2.75. The smallest absolute Gasteiger partial charge is 0.226 e. The Labute approximate surface area is 105 Å². The van der Waals surface area contributed by atoms with Crippen molar-refractivity contribution >= 4 is 11.6 Å². The Morgan fingerprint density at radius 2 is 2.17 bits per heavy atom. The van der Waals surface area contributed by atoms with Crippen LogP contribution in [0.4, 0.5) is 5.69 Å². The van der Waals surface area contributed by atoms with Crippen molar-refractivity contribution in [2.24, 2.45) is 0 Å². The molecule has 0 atom stereocenters. The molecule has 6 nitrogen and oxygen atoms in total. The average Bonchev–Trinajstić information content (AvgIpc) is 2.84. The fourth-order valence-corrected chi connectivity index (χ4v) is 1.54. The SMILES string of the molecule is Cc1ccc(NC(=O)CCn2cnnn2)cc1C. The van der Waals surface area contributed by atoms with Gasteiger partial charge in [0.2, 0.25) is 5.91 Å². The van der Waals surface area contributed by atoms with Gasteiger partial charge in [0, 0.05) is 12.1 Å². The molecule has 18 heavy (non-hydrogen) atoms. The molecule has 0 fully saturated rings. The number of aromatic nitrogens is 4. The summed E-state index contributed by atoms with van der Waals surface area (Å²) in [6.07, 6.45) is 1.83. The lowest BCUT2D eigenvalue weighted by molar-refractivity contribution is -0.116. The van der Waals surface area contributed by atoms with Crippen LogP contribution in [-0.2, 0) is 11.3 Å². The van der Waals surface area contributed by atoms with Gasteiger partial charge in [0.1, 0.15) is 6.33 Å². The van der Waals surface area contributed by atoms with Crippen LogP contribution in [0.15, 0.2) is 24.5 Å². The van der Waals surface area contributed by atoms with E-state index in [0.717, 1.165) is 11.3 Å². The van der Waals surface area contributed by atoms with Gasteiger partial charge in [-0.15, -0.1) is 5.10 Å². The number of anilines is 1. The number of carbonyl (C=O) groups is 1. The minimum Gasteiger partial charge on any atom is -0.326 e. The Bertz CT molecular complexity index is 535. The van der Waals surface area contributed by atoms with Crippen molar-refractivity contribution in [3.05, 3.63) is 35.7 Å². The highest BCUT2D eigenvalue weighted by atomic mass is 16.1. The van der Waals surface area contributed by atoms with Gasteiger partial charge in [0.15, 0.2) is 0 Å². The lowest BCUT2D eigenvalue weighted by atomic mass is 10.1.